The van der Waals surface area contributed by atoms with Crippen molar-refractivity contribution in [2.24, 2.45) is 0 Å². The third-order valence-corrected chi connectivity index (χ3v) is 4.19. The molecule has 0 aliphatic carbocycles. The highest BCUT2D eigenvalue weighted by Gasteiger charge is 2.32. The molecule has 29 heavy (non-hydrogen) atoms. The average Bonchev–Trinajstić information content (AvgIpc) is 3.21. The number of nitrogens with one attached hydrogen (secondary N) is 3. The fourth-order valence-corrected chi connectivity index (χ4v) is 2.91. The molecule has 3 N–H and O–H groups in total. The summed E-state index contributed by atoms with van der Waals surface area (Å²) in [5, 5.41) is 15.9. The summed E-state index contributed by atoms with van der Waals surface area (Å²) in [6.07, 6.45) is -0.825. The lowest BCUT2D eigenvalue weighted by molar-refractivity contribution is -0.274. The Bertz CT molecular complexity index is 827. The van der Waals surface area contributed by atoms with E-state index in [0.29, 0.717) is 12.4 Å². The Morgan fingerprint density at radius 2 is 1.93 bits per heavy atom. The van der Waals surface area contributed by atoms with Gasteiger partial charge < -0.3 is 25.6 Å². The largest absolute Gasteiger partial charge is 0.573 e. The van der Waals surface area contributed by atoms with Crippen molar-refractivity contribution in [3.8, 4) is 5.75 Å². The Kier molecular flexibility index (Phi) is 6.57. The van der Waals surface area contributed by atoms with Gasteiger partial charge in [-0.05, 0) is 25.0 Å². The highest BCUT2D eigenvalue weighted by Crippen LogP contribution is 2.29. The van der Waals surface area contributed by atoms with Gasteiger partial charge in [0.15, 0.2) is 11.6 Å². The number of hydrogen-bond acceptors (Lipinski definition) is 6. The van der Waals surface area contributed by atoms with Gasteiger partial charge >= 0.3 is 12.4 Å². The van der Waals surface area contributed by atoms with Crippen LogP contribution >= 0.6 is 0 Å². The zero-order chi connectivity index (χ0) is 20.7. The van der Waals surface area contributed by atoms with Crippen LogP contribution in [0.25, 0.3) is 0 Å². The molecule has 8 nitrogen and oxygen atoms in total. The molecule has 11 heteroatoms. The number of anilines is 3. The Labute approximate surface area is 165 Å². The van der Waals surface area contributed by atoms with Gasteiger partial charge in [0.1, 0.15) is 0 Å². The van der Waals surface area contributed by atoms with Crippen molar-refractivity contribution in [2.75, 3.05) is 41.7 Å². The third kappa shape index (κ3) is 6.40. The maximum Gasteiger partial charge on any atom is 0.573 e. The van der Waals surface area contributed by atoms with Crippen LogP contribution in [-0.2, 0) is 0 Å². The highest BCUT2D eigenvalue weighted by molar-refractivity contribution is 5.90. The standard InChI is InChI=1S/C18H21F3N6O2/c19-18(20,21)29-15-6-2-1-5-14(15)25-17(28)23-8-7-22-16-11-13(12-24-26-16)27-9-3-4-10-27/h1-2,5-6,11-12H,3-4,7-10H2,(H,22,26)(H2,23,25,28). The van der Waals surface area contributed by atoms with Crippen molar-refractivity contribution in [2.45, 2.75) is 19.2 Å². The first-order valence-electron chi connectivity index (χ1n) is 9.12. The summed E-state index contributed by atoms with van der Waals surface area (Å²) >= 11 is 0. The first-order valence-corrected chi connectivity index (χ1v) is 9.12. The molecule has 0 unspecified atom stereocenters. The van der Waals surface area contributed by atoms with Crippen LogP contribution in [0.5, 0.6) is 5.75 Å². The number of carbonyl (C=O) groups excluding carboxylic acids is 1. The molecular formula is C18H21F3N6O2. The van der Waals surface area contributed by atoms with E-state index >= 15 is 0 Å². The third-order valence-electron chi connectivity index (χ3n) is 4.19. The molecule has 1 fully saturated rings. The zero-order valence-corrected chi connectivity index (χ0v) is 15.5. The van der Waals surface area contributed by atoms with Crippen LogP contribution in [0.2, 0.25) is 0 Å². The molecule has 2 heterocycles. The Morgan fingerprint density at radius 3 is 2.69 bits per heavy atom. The summed E-state index contributed by atoms with van der Waals surface area (Å²) in [5.74, 6) is 0.0998. The Hall–Kier alpha value is -3.24. The van der Waals surface area contributed by atoms with Crippen LogP contribution in [-0.4, -0.2) is 48.8 Å². The minimum atomic E-state index is -4.84. The normalized spacial score (nSPS) is 13.8. The van der Waals surface area contributed by atoms with Crippen LogP contribution in [0.4, 0.5) is 35.2 Å². The molecule has 1 aliphatic heterocycles. The minimum absolute atomic E-state index is 0.0838. The summed E-state index contributed by atoms with van der Waals surface area (Å²) in [6, 6.07) is 6.55. The van der Waals surface area contributed by atoms with Gasteiger partial charge in [-0.25, -0.2) is 4.79 Å². The maximum atomic E-state index is 12.4. The topological polar surface area (TPSA) is 91.4 Å². The summed E-state index contributed by atoms with van der Waals surface area (Å²) in [7, 11) is 0. The van der Waals surface area contributed by atoms with Crippen molar-refractivity contribution in [3.05, 3.63) is 36.5 Å². The second-order valence-electron chi connectivity index (χ2n) is 6.34. The van der Waals surface area contributed by atoms with Crippen molar-refractivity contribution in [1.82, 2.24) is 15.5 Å². The Morgan fingerprint density at radius 1 is 1.17 bits per heavy atom. The predicted molar refractivity (Wildman–Crippen MR) is 102 cm³/mol. The number of nitrogens with zero attached hydrogens (tertiary/aromatic N) is 3. The number of ether oxygens (including phenoxy) is 1. The number of hydrogen-bond donors (Lipinski definition) is 3. The van der Waals surface area contributed by atoms with Crippen molar-refractivity contribution in [3.63, 3.8) is 0 Å². The second kappa shape index (κ2) is 9.30. The molecule has 2 amide bonds. The summed E-state index contributed by atoms with van der Waals surface area (Å²) in [6.45, 7) is 2.58. The fraction of sp³-hybridized carbons (Fsp3) is 0.389. The second-order valence-corrected chi connectivity index (χ2v) is 6.34. The number of aromatic nitrogens is 2. The SMILES string of the molecule is O=C(NCCNc1cc(N2CCCC2)cnn1)Nc1ccccc1OC(F)(F)F. The van der Waals surface area contributed by atoms with Gasteiger partial charge in [0.25, 0.3) is 0 Å². The van der Waals surface area contributed by atoms with E-state index in [2.05, 4.69) is 35.8 Å². The van der Waals surface area contributed by atoms with Crippen LogP contribution in [0, 0.1) is 0 Å². The molecule has 0 saturated carbocycles. The number of urea groups is 1. The number of alkyl halides is 3. The van der Waals surface area contributed by atoms with Gasteiger partial charge in [-0.3, -0.25) is 0 Å². The molecule has 0 atom stereocenters. The summed E-state index contributed by atoms with van der Waals surface area (Å²) in [5.41, 5.74) is 0.909. The molecule has 2 aromatic rings. The van der Waals surface area contributed by atoms with Crippen LogP contribution in [0.15, 0.2) is 36.5 Å². The van der Waals surface area contributed by atoms with E-state index < -0.39 is 18.1 Å². The molecule has 3 rings (SSSR count). The monoisotopic (exact) mass is 410 g/mol. The first kappa shape index (κ1) is 20.5. The minimum Gasteiger partial charge on any atom is -0.404 e. The lowest BCUT2D eigenvalue weighted by Crippen LogP contribution is -2.33. The van der Waals surface area contributed by atoms with Gasteiger partial charge in [-0.1, -0.05) is 12.1 Å². The average molecular weight is 410 g/mol. The lowest BCUT2D eigenvalue weighted by Gasteiger charge is -2.17. The number of amides is 2. The van der Waals surface area contributed by atoms with E-state index in [0.717, 1.165) is 37.7 Å². The number of para-hydroxylation sites is 2. The molecule has 1 aromatic carbocycles. The van der Waals surface area contributed by atoms with Crippen molar-refractivity contribution in [1.29, 1.82) is 0 Å². The fourth-order valence-electron chi connectivity index (χ4n) is 2.91. The van der Waals surface area contributed by atoms with E-state index in [9.17, 15) is 18.0 Å². The molecule has 1 saturated heterocycles. The number of benzene rings is 1. The summed E-state index contributed by atoms with van der Waals surface area (Å²) in [4.78, 5) is 14.2. The summed E-state index contributed by atoms with van der Waals surface area (Å²) < 4.78 is 41.2. The predicted octanol–water partition coefficient (Wildman–Crippen LogP) is 3.21. The van der Waals surface area contributed by atoms with Gasteiger partial charge in [0.05, 0.1) is 17.6 Å². The van der Waals surface area contributed by atoms with E-state index in [1.54, 1.807) is 6.20 Å². The first-order chi connectivity index (χ1) is 13.9. The molecule has 0 bridgehead atoms. The quantitative estimate of drug-likeness (QED) is 0.608. The molecular weight excluding hydrogens is 389 g/mol. The van der Waals surface area contributed by atoms with E-state index in [1.807, 2.05) is 6.07 Å². The van der Waals surface area contributed by atoms with Gasteiger partial charge in [-0.2, -0.15) is 5.10 Å². The van der Waals surface area contributed by atoms with Crippen molar-refractivity contribution < 1.29 is 22.7 Å². The van der Waals surface area contributed by atoms with Crippen LogP contribution in [0.3, 0.4) is 0 Å². The van der Waals surface area contributed by atoms with Crippen LogP contribution in [0.1, 0.15) is 12.8 Å². The molecule has 156 valence electrons. The molecule has 0 spiro atoms. The molecule has 1 aromatic heterocycles. The van der Waals surface area contributed by atoms with E-state index in [4.69, 9.17) is 0 Å². The van der Waals surface area contributed by atoms with Gasteiger partial charge in [0.2, 0.25) is 0 Å². The zero-order valence-electron chi connectivity index (χ0n) is 15.5. The molecule has 1 aliphatic rings. The Balaban J connectivity index is 1.44. The van der Waals surface area contributed by atoms with E-state index in [-0.39, 0.29) is 12.2 Å². The lowest BCUT2D eigenvalue weighted by atomic mass is 10.3. The maximum absolute atomic E-state index is 12.4. The van der Waals surface area contributed by atoms with Crippen molar-refractivity contribution >= 4 is 23.2 Å². The van der Waals surface area contributed by atoms with Gasteiger partial charge in [0, 0.05) is 32.2 Å². The number of halogens is 3. The molecule has 0 radical (unpaired) electrons. The van der Waals surface area contributed by atoms with Gasteiger partial charge in [-0.15, -0.1) is 18.3 Å². The highest BCUT2D eigenvalue weighted by atomic mass is 19.4. The smallest absolute Gasteiger partial charge is 0.404 e. The van der Waals surface area contributed by atoms with E-state index in [1.165, 1.54) is 18.2 Å². The van der Waals surface area contributed by atoms with Crippen LogP contribution < -0.4 is 25.6 Å². The number of carbonyl (C=O) groups is 1. The number of rotatable bonds is 7.